The summed E-state index contributed by atoms with van der Waals surface area (Å²) in [5.74, 6) is 1.04. The van der Waals surface area contributed by atoms with Crippen LogP contribution in [0.1, 0.15) is 94.7 Å². The number of aryl methyl sites for hydroxylation is 1. The van der Waals surface area contributed by atoms with Crippen LogP contribution in [0, 0.1) is 12.8 Å². The van der Waals surface area contributed by atoms with E-state index in [9.17, 15) is 9.59 Å². The van der Waals surface area contributed by atoms with Crippen molar-refractivity contribution in [3.63, 3.8) is 0 Å². The molecule has 1 aromatic rings. The largest absolute Gasteiger partial charge is 0.328 e. The second-order valence-electron chi connectivity index (χ2n) is 9.99. The first-order valence-electron chi connectivity index (χ1n) is 12.2. The molecule has 3 fully saturated rings. The number of hydrogen-bond acceptors (Lipinski definition) is 2. The van der Waals surface area contributed by atoms with E-state index in [1.165, 1.54) is 24.8 Å². The van der Waals surface area contributed by atoms with Gasteiger partial charge in [0.15, 0.2) is 0 Å². The van der Waals surface area contributed by atoms with Crippen LogP contribution in [0.15, 0.2) is 24.3 Å². The molecule has 1 aromatic carbocycles. The minimum atomic E-state index is -0.448. The van der Waals surface area contributed by atoms with Crippen molar-refractivity contribution in [1.82, 2.24) is 9.80 Å². The monoisotopic (exact) mass is 410 g/mol. The third-order valence-electron chi connectivity index (χ3n) is 7.68. The minimum Gasteiger partial charge on any atom is -0.328 e. The van der Waals surface area contributed by atoms with E-state index >= 15 is 0 Å². The molecule has 0 radical (unpaired) electrons. The van der Waals surface area contributed by atoms with Gasteiger partial charge in [0, 0.05) is 12.1 Å². The summed E-state index contributed by atoms with van der Waals surface area (Å²) in [6, 6.07) is 8.25. The number of carbonyl (C=O) groups is 2. The van der Waals surface area contributed by atoms with Gasteiger partial charge >= 0.3 is 0 Å². The number of hydrogen-bond donors (Lipinski definition) is 0. The van der Waals surface area contributed by atoms with E-state index in [4.69, 9.17) is 0 Å². The first-order chi connectivity index (χ1) is 14.5. The molecular weight excluding hydrogens is 372 g/mol. The molecule has 2 saturated carbocycles. The molecule has 4 nitrogen and oxygen atoms in total. The van der Waals surface area contributed by atoms with E-state index in [-0.39, 0.29) is 30.4 Å². The average Bonchev–Trinajstić information content (AvgIpc) is 2.71. The molecule has 0 spiro atoms. The highest BCUT2D eigenvalue weighted by Crippen LogP contribution is 2.37. The van der Waals surface area contributed by atoms with Crippen LogP contribution < -0.4 is 0 Å². The van der Waals surface area contributed by atoms with E-state index in [1.807, 2.05) is 9.80 Å². The third kappa shape index (κ3) is 4.58. The summed E-state index contributed by atoms with van der Waals surface area (Å²) in [5, 5.41) is 0. The van der Waals surface area contributed by atoms with Crippen LogP contribution in [0.3, 0.4) is 0 Å². The average molecular weight is 411 g/mol. The minimum absolute atomic E-state index is 0.153. The highest BCUT2D eigenvalue weighted by molar-refractivity contribution is 5.96. The summed E-state index contributed by atoms with van der Waals surface area (Å²) in [7, 11) is 0. The van der Waals surface area contributed by atoms with E-state index in [0.29, 0.717) is 0 Å². The van der Waals surface area contributed by atoms with E-state index < -0.39 is 6.04 Å². The molecule has 2 amide bonds. The summed E-state index contributed by atoms with van der Waals surface area (Å²) in [6.07, 6.45) is 12.5. The topological polar surface area (TPSA) is 40.6 Å². The molecule has 1 saturated heterocycles. The van der Waals surface area contributed by atoms with Crippen molar-refractivity contribution in [2.75, 3.05) is 6.54 Å². The molecule has 1 atom stereocenters. The van der Waals surface area contributed by atoms with E-state index in [1.54, 1.807) is 0 Å². The Labute approximate surface area is 182 Å². The lowest BCUT2D eigenvalue weighted by Crippen LogP contribution is -2.61. The highest BCUT2D eigenvalue weighted by atomic mass is 16.2. The Morgan fingerprint density at radius 2 is 1.37 bits per heavy atom. The molecule has 0 N–H and O–H groups in total. The fourth-order valence-corrected chi connectivity index (χ4v) is 5.77. The van der Waals surface area contributed by atoms with Crippen molar-refractivity contribution in [2.24, 2.45) is 5.92 Å². The zero-order chi connectivity index (χ0) is 21.1. The number of rotatable bonds is 3. The van der Waals surface area contributed by atoms with Crippen LogP contribution in [0.5, 0.6) is 0 Å². The van der Waals surface area contributed by atoms with Gasteiger partial charge in [0.1, 0.15) is 12.6 Å². The van der Waals surface area contributed by atoms with Crippen molar-refractivity contribution >= 4 is 11.8 Å². The Bertz CT molecular complexity index is 728. The van der Waals surface area contributed by atoms with Crippen molar-refractivity contribution in [2.45, 2.75) is 103 Å². The number of carbonyl (C=O) groups excluding carboxylic acids is 2. The quantitative estimate of drug-likeness (QED) is 0.669. The molecule has 164 valence electrons. The van der Waals surface area contributed by atoms with Gasteiger partial charge in [-0.2, -0.15) is 0 Å². The predicted molar refractivity (Wildman–Crippen MR) is 120 cm³/mol. The molecule has 0 unspecified atom stereocenters. The summed E-state index contributed by atoms with van der Waals surface area (Å²) in [6.45, 7) is 4.64. The maximum absolute atomic E-state index is 13.9. The molecule has 1 heterocycles. The molecule has 30 heavy (non-hydrogen) atoms. The zero-order valence-corrected chi connectivity index (χ0v) is 18.8. The van der Waals surface area contributed by atoms with Crippen molar-refractivity contribution in [3.8, 4) is 0 Å². The lowest BCUT2D eigenvalue weighted by molar-refractivity contribution is -0.162. The molecule has 3 aliphatic rings. The molecule has 0 bridgehead atoms. The first kappa shape index (κ1) is 21.4. The lowest BCUT2D eigenvalue weighted by atomic mass is 9.85. The Morgan fingerprint density at radius 3 is 2.00 bits per heavy atom. The van der Waals surface area contributed by atoms with Crippen molar-refractivity contribution < 1.29 is 9.59 Å². The molecule has 4 rings (SSSR count). The van der Waals surface area contributed by atoms with Gasteiger partial charge in [-0.3, -0.25) is 9.59 Å². The van der Waals surface area contributed by atoms with Gasteiger partial charge in [-0.15, -0.1) is 0 Å². The van der Waals surface area contributed by atoms with Crippen LogP contribution in [0.4, 0.5) is 0 Å². The van der Waals surface area contributed by atoms with Gasteiger partial charge in [0.2, 0.25) is 5.91 Å². The molecule has 2 aliphatic carbocycles. The van der Waals surface area contributed by atoms with Gasteiger partial charge in [-0.25, -0.2) is 0 Å². The van der Waals surface area contributed by atoms with Crippen LogP contribution >= 0.6 is 0 Å². The number of benzene rings is 1. The summed E-state index contributed by atoms with van der Waals surface area (Å²) in [4.78, 5) is 31.4. The van der Waals surface area contributed by atoms with Gasteiger partial charge in [0.25, 0.3) is 5.91 Å². The summed E-state index contributed by atoms with van der Waals surface area (Å²) >= 11 is 0. The lowest BCUT2D eigenvalue weighted by Gasteiger charge is -2.48. The second kappa shape index (κ2) is 9.53. The zero-order valence-electron chi connectivity index (χ0n) is 18.8. The maximum atomic E-state index is 13.9. The van der Waals surface area contributed by atoms with Gasteiger partial charge in [0.05, 0.1) is 0 Å². The fraction of sp³-hybridized carbons (Fsp3) is 0.692. The standard InChI is InChI=1S/C26H38N2O2/c1-19-10-14-21(15-11-19)25-26(30)27(22-16-12-20(2)13-17-22)18-24(29)28(25)23-8-6-4-3-5-7-9-23/h10-11,14-15,20,22-23,25H,3-9,12-13,16-18H2,1-2H3/t20?,22?,25-/m1/s1. The Kier molecular flexibility index (Phi) is 6.80. The molecule has 1 aliphatic heterocycles. The third-order valence-corrected chi connectivity index (χ3v) is 7.68. The molecule has 4 heteroatoms. The number of piperazine rings is 1. The fourth-order valence-electron chi connectivity index (χ4n) is 5.77. The van der Waals surface area contributed by atoms with Crippen LogP contribution in [-0.4, -0.2) is 40.2 Å². The van der Waals surface area contributed by atoms with Gasteiger partial charge in [-0.1, -0.05) is 68.9 Å². The van der Waals surface area contributed by atoms with Crippen LogP contribution in [0.2, 0.25) is 0 Å². The Morgan fingerprint density at radius 1 is 0.767 bits per heavy atom. The van der Waals surface area contributed by atoms with Gasteiger partial charge in [-0.05, 0) is 56.9 Å². The van der Waals surface area contributed by atoms with Crippen LogP contribution in [-0.2, 0) is 9.59 Å². The molecular formula is C26H38N2O2. The summed E-state index contributed by atoms with van der Waals surface area (Å²) in [5.41, 5.74) is 2.17. The molecule has 0 aromatic heterocycles. The maximum Gasteiger partial charge on any atom is 0.250 e. The Balaban J connectivity index is 1.64. The number of nitrogens with zero attached hydrogens (tertiary/aromatic N) is 2. The van der Waals surface area contributed by atoms with Crippen molar-refractivity contribution in [3.05, 3.63) is 35.4 Å². The predicted octanol–water partition coefficient (Wildman–Crippen LogP) is 5.40. The number of amides is 2. The normalized spacial score (nSPS) is 29.6. The first-order valence-corrected chi connectivity index (χ1v) is 12.2. The highest BCUT2D eigenvalue weighted by Gasteiger charge is 2.45. The smallest absolute Gasteiger partial charge is 0.250 e. The van der Waals surface area contributed by atoms with Crippen LogP contribution in [0.25, 0.3) is 0 Å². The summed E-state index contributed by atoms with van der Waals surface area (Å²) < 4.78 is 0. The second-order valence-corrected chi connectivity index (χ2v) is 9.99. The van der Waals surface area contributed by atoms with E-state index in [2.05, 4.69) is 38.1 Å². The van der Waals surface area contributed by atoms with Crippen molar-refractivity contribution in [1.29, 1.82) is 0 Å². The van der Waals surface area contributed by atoms with Gasteiger partial charge < -0.3 is 9.80 Å². The Hall–Kier alpha value is -1.84. The SMILES string of the molecule is Cc1ccc([C@@H]2C(=O)N(C3CCC(C)CC3)CC(=O)N2C2CCCCCCC2)cc1. The van der Waals surface area contributed by atoms with E-state index in [0.717, 1.165) is 62.8 Å².